The summed E-state index contributed by atoms with van der Waals surface area (Å²) in [6, 6.07) is 9.67. The number of nitrogens with zero attached hydrogens (tertiary/aromatic N) is 4. The van der Waals surface area contributed by atoms with Crippen molar-refractivity contribution in [3.05, 3.63) is 35.9 Å². The molecule has 3 rings (SSSR count). The molecule has 0 spiro atoms. The van der Waals surface area contributed by atoms with Gasteiger partial charge < -0.3 is 4.74 Å². The zero-order valence-corrected chi connectivity index (χ0v) is 9.02. The molecule has 0 saturated carbocycles. The summed E-state index contributed by atoms with van der Waals surface area (Å²) >= 11 is 0. The number of fused-ring (bicyclic) bond motifs is 1. The van der Waals surface area contributed by atoms with Gasteiger partial charge >= 0.3 is 0 Å². The Kier molecular flexibility index (Phi) is 2.50. The SMILES string of the molecule is C1=NC2=NC=NC2C(OCc2ccccc2)=N1. The first-order chi connectivity index (χ1) is 8.43. The Morgan fingerprint density at radius 2 is 1.94 bits per heavy atom. The van der Waals surface area contributed by atoms with E-state index in [0.29, 0.717) is 18.3 Å². The van der Waals surface area contributed by atoms with Crippen molar-refractivity contribution in [3.8, 4) is 0 Å². The molecule has 2 aliphatic rings. The van der Waals surface area contributed by atoms with E-state index in [1.165, 1.54) is 12.7 Å². The molecule has 2 heterocycles. The van der Waals surface area contributed by atoms with Gasteiger partial charge in [-0.3, -0.25) is 4.99 Å². The van der Waals surface area contributed by atoms with Gasteiger partial charge in [-0.15, -0.1) is 0 Å². The second-order valence-corrected chi connectivity index (χ2v) is 3.64. The predicted molar refractivity (Wildman–Crippen MR) is 66.9 cm³/mol. The summed E-state index contributed by atoms with van der Waals surface area (Å²) in [5, 5.41) is 0. The van der Waals surface area contributed by atoms with E-state index < -0.39 is 0 Å². The van der Waals surface area contributed by atoms with Crippen LogP contribution in [0.25, 0.3) is 0 Å². The minimum atomic E-state index is -0.260. The molecule has 5 nitrogen and oxygen atoms in total. The predicted octanol–water partition coefficient (Wildman–Crippen LogP) is 1.45. The highest BCUT2D eigenvalue weighted by atomic mass is 16.5. The standard InChI is InChI=1S/C12H10N4O/c1-2-4-9(5-3-1)6-17-12-10-11(14-7-13-10)15-8-16-12/h1-5,7-8,10H,6H2. The molecule has 0 N–H and O–H groups in total. The molecule has 1 aromatic rings. The van der Waals surface area contributed by atoms with E-state index in [0.717, 1.165) is 5.56 Å². The molecule has 0 aliphatic carbocycles. The summed E-state index contributed by atoms with van der Waals surface area (Å²) in [6.45, 7) is 0.479. The van der Waals surface area contributed by atoms with Crippen molar-refractivity contribution in [1.82, 2.24) is 0 Å². The van der Waals surface area contributed by atoms with Crippen molar-refractivity contribution in [1.29, 1.82) is 0 Å². The quantitative estimate of drug-likeness (QED) is 0.753. The molecular formula is C12H10N4O. The second kappa shape index (κ2) is 4.29. The number of hydrogen-bond acceptors (Lipinski definition) is 5. The number of hydrogen-bond donors (Lipinski definition) is 0. The molecule has 1 aromatic carbocycles. The van der Waals surface area contributed by atoms with Gasteiger partial charge in [-0.2, -0.15) is 0 Å². The van der Waals surface area contributed by atoms with Gasteiger partial charge in [0.15, 0.2) is 11.9 Å². The fraction of sp³-hybridized carbons (Fsp3) is 0.167. The number of rotatable bonds is 2. The van der Waals surface area contributed by atoms with E-state index in [1.807, 2.05) is 30.3 Å². The van der Waals surface area contributed by atoms with E-state index >= 15 is 0 Å². The van der Waals surface area contributed by atoms with Gasteiger partial charge in [0.05, 0.1) is 0 Å². The van der Waals surface area contributed by atoms with E-state index in [4.69, 9.17) is 4.74 Å². The van der Waals surface area contributed by atoms with Crippen LogP contribution in [0.3, 0.4) is 0 Å². The molecule has 17 heavy (non-hydrogen) atoms. The van der Waals surface area contributed by atoms with Crippen LogP contribution in [0.2, 0.25) is 0 Å². The molecule has 0 amide bonds. The zero-order chi connectivity index (χ0) is 11.5. The maximum atomic E-state index is 5.65. The number of benzene rings is 1. The summed E-state index contributed by atoms with van der Waals surface area (Å²) in [5.74, 6) is 1.19. The number of aliphatic imine (C=N–C) groups is 4. The third-order valence-corrected chi connectivity index (χ3v) is 2.49. The molecule has 5 heteroatoms. The van der Waals surface area contributed by atoms with Crippen LogP contribution in [0.1, 0.15) is 5.56 Å². The lowest BCUT2D eigenvalue weighted by Crippen LogP contribution is -2.30. The maximum absolute atomic E-state index is 5.65. The van der Waals surface area contributed by atoms with Gasteiger partial charge in [0.2, 0.25) is 5.90 Å². The van der Waals surface area contributed by atoms with Crippen LogP contribution >= 0.6 is 0 Å². The summed E-state index contributed by atoms with van der Waals surface area (Å²) in [6.07, 6.45) is 2.94. The summed E-state index contributed by atoms with van der Waals surface area (Å²) in [5.41, 5.74) is 1.10. The Morgan fingerprint density at radius 3 is 2.82 bits per heavy atom. The van der Waals surface area contributed by atoms with Crippen molar-refractivity contribution >= 4 is 24.4 Å². The Bertz CT molecular complexity index is 531. The Labute approximate surface area is 98.3 Å². The molecule has 0 radical (unpaired) electrons. The molecule has 0 saturated heterocycles. The van der Waals surface area contributed by atoms with Crippen molar-refractivity contribution in [2.45, 2.75) is 12.6 Å². The highest BCUT2D eigenvalue weighted by Crippen LogP contribution is 2.12. The van der Waals surface area contributed by atoms with Crippen LogP contribution in [-0.2, 0) is 11.3 Å². The third kappa shape index (κ3) is 1.99. The van der Waals surface area contributed by atoms with Crippen LogP contribution in [0.4, 0.5) is 0 Å². The lowest BCUT2D eigenvalue weighted by molar-refractivity contribution is 0.284. The van der Waals surface area contributed by atoms with Crippen LogP contribution < -0.4 is 0 Å². The van der Waals surface area contributed by atoms with Crippen LogP contribution in [0.15, 0.2) is 50.3 Å². The largest absolute Gasteiger partial charge is 0.474 e. The summed E-state index contributed by atoms with van der Waals surface area (Å²) in [4.78, 5) is 16.3. The van der Waals surface area contributed by atoms with Gasteiger partial charge in [0, 0.05) is 0 Å². The highest BCUT2D eigenvalue weighted by Gasteiger charge is 2.27. The molecule has 2 aliphatic heterocycles. The third-order valence-electron chi connectivity index (χ3n) is 2.49. The highest BCUT2D eigenvalue weighted by molar-refractivity contribution is 6.18. The molecule has 0 aromatic heterocycles. The van der Waals surface area contributed by atoms with E-state index in [-0.39, 0.29) is 6.04 Å². The van der Waals surface area contributed by atoms with Crippen LogP contribution in [-0.4, -0.2) is 30.5 Å². The van der Waals surface area contributed by atoms with Gasteiger partial charge in [-0.05, 0) is 5.56 Å². The number of ether oxygens (including phenoxy) is 1. The zero-order valence-electron chi connectivity index (χ0n) is 9.02. The average molecular weight is 226 g/mol. The van der Waals surface area contributed by atoms with E-state index in [2.05, 4.69) is 20.0 Å². The molecule has 1 atom stereocenters. The molecule has 84 valence electrons. The van der Waals surface area contributed by atoms with Crippen molar-refractivity contribution < 1.29 is 4.74 Å². The first-order valence-electron chi connectivity index (χ1n) is 5.30. The normalized spacial score (nSPS) is 20.8. The second-order valence-electron chi connectivity index (χ2n) is 3.64. The smallest absolute Gasteiger partial charge is 0.223 e. The first kappa shape index (κ1) is 9.89. The minimum absolute atomic E-state index is 0.260. The fourth-order valence-electron chi connectivity index (χ4n) is 1.64. The Balaban J connectivity index is 1.70. The average Bonchev–Trinajstić information content (AvgIpc) is 2.86. The fourth-order valence-corrected chi connectivity index (χ4v) is 1.64. The minimum Gasteiger partial charge on any atom is -0.474 e. The molecule has 0 fully saturated rings. The van der Waals surface area contributed by atoms with Gasteiger partial charge in [0.1, 0.15) is 19.3 Å². The summed E-state index contributed by atoms with van der Waals surface area (Å²) < 4.78 is 5.65. The van der Waals surface area contributed by atoms with Crippen molar-refractivity contribution in [2.24, 2.45) is 20.0 Å². The Hall–Kier alpha value is -2.30. The molecule has 0 bridgehead atoms. The van der Waals surface area contributed by atoms with Crippen molar-refractivity contribution in [3.63, 3.8) is 0 Å². The molecular weight excluding hydrogens is 216 g/mol. The Morgan fingerprint density at radius 1 is 1.06 bits per heavy atom. The van der Waals surface area contributed by atoms with Gasteiger partial charge in [-0.25, -0.2) is 15.0 Å². The number of amidine groups is 1. The topological polar surface area (TPSA) is 58.7 Å². The monoisotopic (exact) mass is 226 g/mol. The summed E-state index contributed by atoms with van der Waals surface area (Å²) in [7, 11) is 0. The lowest BCUT2D eigenvalue weighted by atomic mass is 10.2. The van der Waals surface area contributed by atoms with Crippen LogP contribution in [0, 0.1) is 0 Å². The maximum Gasteiger partial charge on any atom is 0.223 e. The van der Waals surface area contributed by atoms with E-state index in [1.54, 1.807) is 0 Å². The van der Waals surface area contributed by atoms with Crippen LogP contribution in [0.5, 0.6) is 0 Å². The van der Waals surface area contributed by atoms with Gasteiger partial charge in [0.25, 0.3) is 0 Å². The van der Waals surface area contributed by atoms with Crippen molar-refractivity contribution in [2.75, 3.05) is 0 Å². The first-order valence-corrected chi connectivity index (χ1v) is 5.30. The molecule has 1 unspecified atom stereocenters. The van der Waals surface area contributed by atoms with Gasteiger partial charge in [-0.1, -0.05) is 30.3 Å². The van der Waals surface area contributed by atoms with E-state index in [9.17, 15) is 0 Å². The lowest BCUT2D eigenvalue weighted by Gasteiger charge is -2.14.